The molecule has 4 rings (SSSR count). The molecule has 142 valence electrons. The summed E-state index contributed by atoms with van der Waals surface area (Å²) in [6.45, 7) is 10.6. The Kier molecular flexibility index (Phi) is 5.31. The van der Waals surface area contributed by atoms with Crippen molar-refractivity contribution >= 4 is 16.9 Å². The second-order valence-electron chi connectivity index (χ2n) is 6.95. The number of hydrogen-bond acceptors (Lipinski definition) is 6. The summed E-state index contributed by atoms with van der Waals surface area (Å²) in [5, 5.41) is 4.57. The van der Waals surface area contributed by atoms with Gasteiger partial charge < -0.3 is 14.6 Å². The zero-order chi connectivity index (χ0) is 18.6. The largest absolute Gasteiger partial charge is 0.379 e. The molecule has 0 saturated carbocycles. The van der Waals surface area contributed by atoms with Crippen molar-refractivity contribution in [2.24, 2.45) is 0 Å². The van der Waals surface area contributed by atoms with Crippen LogP contribution in [0.5, 0.6) is 0 Å². The number of hydrogen-bond donors (Lipinski definition) is 1. The van der Waals surface area contributed by atoms with Crippen molar-refractivity contribution in [1.29, 1.82) is 0 Å². The molecule has 0 unspecified atom stereocenters. The van der Waals surface area contributed by atoms with E-state index in [9.17, 15) is 0 Å². The van der Waals surface area contributed by atoms with Crippen molar-refractivity contribution < 1.29 is 4.74 Å². The van der Waals surface area contributed by atoms with Gasteiger partial charge in [0.1, 0.15) is 17.8 Å². The summed E-state index contributed by atoms with van der Waals surface area (Å²) < 4.78 is 7.76. The van der Waals surface area contributed by atoms with E-state index in [0.29, 0.717) is 6.54 Å². The van der Waals surface area contributed by atoms with Crippen molar-refractivity contribution in [3.05, 3.63) is 47.7 Å². The molecular weight excluding hydrogens is 340 g/mol. The van der Waals surface area contributed by atoms with E-state index < -0.39 is 0 Å². The maximum atomic E-state index is 5.45. The molecule has 0 aromatic carbocycles. The predicted octanol–water partition coefficient (Wildman–Crippen LogP) is 2.39. The Labute approximate surface area is 159 Å². The summed E-state index contributed by atoms with van der Waals surface area (Å²) >= 11 is 0. The number of nitrogens with one attached hydrogen (secondary N) is 1. The third-order valence-electron chi connectivity index (χ3n) is 5.33. The molecule has 1 fully saturated rings. The van der Waals surface area contributed by atoms with Gasteiger partial charge in [-0.2, -0.15) is 0 Å². The van der Waals surface area contributed by atoms with Gasteiger partial charge in [0.05, 0.1) is 18.6 Å². The number of aryl methyl sites for hydroxylation is 1. The average molecular weight is 366 g/mol. The van der Waals surface area contributed by atoms with E-state index in [-0.39, 0.29) is 0 Å². The molecule has 27 heavy (non-hydrogen) atoms. The molecule has 1 aliphatic rings. The van der Waals surface area contributed by atoms with E-state index in [4.69, 9.17) is 4.74 Å². The van der Waals surface area contributed by atoms with Gasteiger partial charge in [-0.15, -0.1) is 0 Å². The molecule has 0 amide bonds. The van der Waals surface area contributed by atoms with Gasteiger partial charge in [-0.3, -0.25) is 9.88 Å². The highest BCUT2D eigenvalue weighted by molar-refractivity contribution is 5.91. The van der Waals surface area contributed by atoms with Crippen LogP contribution in [-0.2, 0) is 17.8 Å². The number of morpholine rings is 1. The van der Waals surface area contributed by atoms with Crippen LogP contribution < -0.4 is 5.32 Å². The Morgan fingerprint density at radius 3 is 2.78 bits per heavy atom. The fourth-order valence-corrected chi connectivity index (χ4v) is 3.63. The van der Waals surface area contributed by atoms with E-state index in [2.05, 4.69) is 49.6 Å². The zero-order valence-electron chi connectivity index (χ0n) is 16.0. The van der Waals surface area contributed by atoms with Crippen molar-refractivity contribution in [3.63, 3.8) is 0 Å². The predicted molar refractivity (Wildman–Crippen MR) is 106 cm³/mol. The fourth-order valence-electron chi connectivity index (χ4n) is 3.63. The molecular formula is C20H26N6O. The lowest BCUT2D eigenvalue weighted by Gasteiger charge is -2.26. The van der Waals surface area contributed by atoms with E-state index in [1.165, 1.54) is 11.3 Å². The summed E-state index contributed by atoms with van der Waals surface area (Å²) in [4.78, 5) is 15.7. The van der Waals surface area contributed by atoms with Gasteiger partial charge in [-0.05, 0) is 31.0 Å². The second kappa shape index (κ2) is 8.02. The molecule has 4 heterocycles. The van der Waals surface area contributed by atoms with E-state index in [1.807, 2.05) is 12.3 Å². The van der Waals surface area contributed by atoms with E-state index in [1.54, 1.807) is 12.5 Å². The summed E-state index contributed by atoms with van der Waals surface area (Å²) in [7, 11) is 0. The first-order valence-electron chi connectivity index (χ1n) is 9.47. The lowest BCUT2D eigenvalue weighted by Crippen LogP contribution is -2.38. The number of pyridine rings is 1. The van der Waals surface area contributed by atoms with Crippen LogP contribution >= 0.6 is 0 Å². The molecule has 0 aliphatic carbocycles. The Hall–Kier alpha value is -2.51. The summed E-state index contributed by atoms with van der Waals surface area (Å²) in [6.07, 6.45) is 5.31. The SMILES string of the molecule is Cc1c(C)n(CCN2CCOCC2)c2ncnc(NCc3cccnc3)c12. The Bertz CT molecular complexity index is 902. The third-order valence-corrected chi connectivity index (χ3v) is 5.33. The number of ether oxygens (including phenoxy) is 1. The van der Waals surface area contributed by atoms with Gasteiger partial charge >= 0.3 is 0 Å². The Morgan fingerprint density at radius 2 is 2.00 bits per heavy atom. The van der Waals surface area contributed by atoms with Crippen LogP contribution in [0.25, 0.3) is 11.0 Å². The van der Waals surface area contributed by atoms with Gasteiger partial charge in [-0.1, -0.05) is 6.07 Å². The van der Waals surface area contributed by atoms with Crippen molar-refractivity contribution in [2.75, 3.05) is 38.2 Å². The number of nitrogens with zero attached hydrogens (tertiary/aromatic N) is 5. The Balaban J connectivity index is 1.57. The molecule has 3 aromatic rings. The zero-order valence-corrected chi connectivity index (χ0v) is 16.0. The number of fused-ring (bicyclic) bond motifs is 1. The fraction of sp³-hybridized carbons (Fsp3) is 0.450. The molecule has 0 atom stereocenters. The van der Waals surface area contributed by atoms with Crippen LogP contribution in [0.3, 0.4) is 0 Å². The maximum absolute atomic E-state index is 5.45. The van der Waals surface area contributed by atoms with Crippen molar-refractivity contribution in [1.82, 2.24) is 24.4 Å². The molecule has 1 saturated heterocycles. The quantitative estimate of drug-likeness (QED) is 0.722. The minimum atomic E-state index is 0.692. The van der Waals surface area contributed by atoms with Gasteiger partial charge in [0.25, 0.3) is 0 Å². The molecule has 3 aromatic heterocycles. The smallest absolute Gasteiger partial charge is 0.145 e. The van der Waals surface area contributed by atoms with Crippen LogP contribution in [0.15, 0.2) is 30.9 Å². The van der Waals surface area contributed by atoms with E-state index in [0.717, 1.165) is 61.8 Å². The number of anilines is 1. The van der Waals surface area contributed by atoms with Crippen LogP contribution in [-0.4, -0.2) is 57.3 Å². The standard InChI is InChI=1S/C20H26N6O/c1-15-16(2)26(7-6-25-8-10-27-11-9-25)20-18(15)19(23-14-24-20)22-13-17-4-3-5-21-12-17/h3-5,12,14H,6-11,13H2,1-2H3,(H,22,23,24). The lowest BCUT2D eigenvalue weighted by molar-refractivity contribution is 0.0364. The topological polar surface area (TPSA) is 68.1 Å². The molecule has 1 N–H and O–H groups in total. The molecule has 0 radical (unpaired) electrons. The van der Waals surface area contributed by atoms with Crippen LogP contribution in [0.1, 0.15) is 16.8 Å². The van der Waals surface area contributed by atoms with Gasteiger partial charge in [0.15, 0.2) is 0 Å². The first-order chi connectivity index (χ1) is 13.2. The molecule has 1 aliphatic heterocycles. The van der Waals surface area contributed by atoms with Crippen LogP contribution in [0.4, 0.5) is 5.82 Å². The number of rotatable bonds is 6. The first-order valence-corrected chi connectivity index (χ1v) is 9.47. The van der Waals surface area contributed by atoms with Crippen LogP contribution in [0.2, 0.25) is 0 Å². The highest BCUT2D eigenvalue weighted by Gasteiger charge is 2.17. The maximum Gasteiger partial charge on any atom is 0.145 e. The van der Waals surface area contributed by atoms with E-state index >= 15 is 0 Å². The highest BCUT2D eigenvalue weighted by atomic mass is 16.5. The molecule has 7 nitrogen and oxygen atoms in total. The van der Waals surface area contributed by atoms with Gasteiger partial charge in [-0.25, -0.2) is 9.97 Å². The van der Waals surface area contributed by atoms with Gasteiger partial charge in [0, 0.05) is 50.8 Å². The van der Waals surface area contributed by atoms with Crippen LogP contribution in [0, 0.1) is 13.8 Å². The minimum absolute atomic E-state index is 0.692. The summed E-state index contributed by atoms with van der Waals surface area (Å²) in [5.41, 5.74) is 4.62. The monoisotopic (exact) mass is 366 g/mol. The first kappa shape index (κ1) is 17.9. The lowest BCUT2D eigenvalue weighted by atomic mass is 10.2. The second-order valence-corrected chi connectivity index (χ2v) is 6.95. The number of aromatic nitrogens is 4. The van der Waals surface area contributed by atoms with Crippen molar-refractivity contribution in [2.45, 2.75) is 26.9 Å². The van der Waals surface area contributed by atoms with Gasteiger partial charge in [0.2, 0.25) is 0 Å². The summed E-state index contributed by atoms with van der Waals surface area (Å²) in [5.74, 6) is 0.884. The normalized spacial score (nSPS) is 15.3. The highest BCUT2D eigenvalue weighted by Crippen LogP contribution is 2.28. The molecule has 0 spiro atoms. The van der Waals surface area contributed by atoms with Crippen molar-refractivity contribution in [3.8, 4) is 0 Å². The molecule has 0 bridgehead atoms. The Morgan fingerprint density at radius 1 is 1.15 bits per heavy atom. The molecule has 7 heteroatoms. The summed E-state index contributed by atoms with van der Waals surface area (Å²) in [6, 6.07) is 4.01. The minimum Gasteiger partial charge on any atom is -0.379 e. The third kappa shape index (κ3) is 3.79. The average Bonchev–Trinajstić information content (AvgIpc) is 2.97.